The summed E-state index contributed by atoms with van der Waals surface area (Å²) < 4.78 is 0.214. The molecule has 5 heteroatoms. The number of nitrogens with zero attached hydrogens (tertiary/aromatic N) is 1. The lowest BCUT2D eigenvalue weighted by atomic mass is 10.0. The van der Waals surface area contributed by atoms with Gasteiger partial charge in [0.1, 0.15) is 6.04 Å². The van der Waals surface area contributed by atoms with Crippen molar-refractivity contribution in [1.82, 2.24) is 5.32 Å². The fourth-order valence-electron chi connectivity index (χ4n) is 1.95. The number of halogens is 1. The largest absolute Gasteiger partial charge is 0.354 e. The second-order valence-electron chi connectivity index (χ2n) is 4.98. The first kappa shape index (κ1) is 15.6. The molecule has 0 unspecified atom stereocenters. The Kier molecular flexibility index (Phi) is 6.81. The highest BCUT2D eigenvalue weighted by Crippen LogP contribution is 2.16. The molecule has 4 nitrogen and oxygen atoms in total. The molecule has 0 bridgehead atoms. The van der Waals surface area contributed by atoms with Crippen molar-refractivity contribution < 1.29 is 9.59 Å². The van der Waals surface area contributed by atoms with Gasteiger partial charge in [0, 0.05) is 18.7 Å². The monoisotopic (exact) mass is 364 g/mol. The average Bonchev–Trinajstić information content (AvgIpc) is 2.74. The third-order valence-electron chi connectivity index (χ3n) is 3.30. The van der Waals surface area contributed by atoms with E-state index in [9.17, 15) is 9.59 Å². The molecule has 0 radical (unpaired) electrons. The first-order valence-electron chi connectivity index (χ1n) is 6.51. The van der Waals surface area contributed by atoms with Crippen molar-refractivity contribution >= 4 is 38.5 Å². The Morgan fingerprint density at radius 3 is 2.78 bits per heavy atom. The molecule has 0 aromatic rings. The van der Waals surface area contributed by atoms with E-state index in [2.05, 4.69) is 10.3 Å². The number of aliphatic imine (C=N–C) groups is 1. The predicted molar refractivity (Wildman–Crippen MR) is 81.1 cm³/mol. The minimum absolute atomic E-state index is 0.0364. The summed E-state index contributed by atoms with van der Waals surface area (Å²) in [5.41, 5.74) is 0. The Morgan fingerprint density at radius 1 is 1.50 bits per heavy atom. The van der Waals surface area contributed by atoms with E-state index in [1.54, 1.807) is 0 Å². The number of rotatable bonds is 7. The van der Waals surface area contributed by atoms with Gasteiger partial charge in [-0.2, -0.15) is 0 Å². The number of hydrogen-bond acceptors (Lipinski definition) is 3. The summed E-state index contributed by atoms with van der Waals surface area (Å²) in [6.07, 6.45) is 5.52. The van der Waals surface area contributed by atoms with Gasteiger partial charge < -0.3 is 5.32 Å². The quantitative estimate of drug-likeness (QED) is 0.428. The summed E-state index contributed by atoms with van der Waals surface area (Å²) >= 11 is 1.84. The molecule has 1 heterocycles. The van der Waals surface area contributed by atoms with Crippen molar-refractivity contribution in [2.75, 3.05) is 6.54 Å². The van der Waals surface area contributed by atoms with Crippen LogP contribution in [-0.2, 0) is 9.59 Å². The Balaban J connectivity index is 2.09. The fourth-order valence-corrected chi connectivity index (χ4v) is 2.26. The topological polar surface area (TPSA) is 58.5 Å². The molecule has 0 spiro atoms. The molecule has 1 aliphatic rings. The zero-order valence-electron chi connectivity index (χ0n) is 11.0. The lowest BCUT2D eigenvalue weighted by molar-refractivity contribution is -0.123. The molecule has 1 N–H and O–H groups in total. The van der Waals surface area contributed by atoms with Gasteiger partial charge >= 0.3 is 0 Å². The van der Waals surface area contributed by atoms with Crippen LogP contribution in [0.15, 0.2) is 4.99 Å². The second-order valence-corrected chi connectivity index (χ2v) is 6.04. The molecule has 102 valence electrons. The molecule has 3 atom stereocenters. The van der Waals surface area contributed by atoms with E-state index in [1.807, 2.05) is 42.7 Å². The molecule has 0 aliphatic carbocycles. The zero-order chi connectivity index (χ0) is 13.5. The van der Waals surface area contributed by atoms with E-state index in [0.717, 1.165) is 25.7 Å². The average molecular weight is 364 g/mol. The van der Waals surface area contributed by atoms with Crippen molar-refractivity contribution in [2.45, 2.75) is 45.6 Å². The van der Waals surface area contributed by atoms with Crippen LogP contribution in [0.4, 0.5) is 0 Å². The smallest absolute Gasteiger partial charge is 0.245 e. The normalized spacial score (nSPS) is 23.9. The summed E-state index contributed by atoms with van der Waals surface area (Å²) in [4.78, 5) is 27.0. The summed E-state index contributed by atoms with van der Waals surface area (Å²) in [6.45, 7) is 4.67. The Bertz CT molecular complexity index is 331. The standard InChI is InChI=1S/C13H21IN2O2/c1-9-6-8-15-11(9)13(18)16-7-4-3-5-10(2)12(14)17/h8-11H,3-7H2,1-2H3,(H,16,18)/t9-,10+,11-/m0/s1. The third kappa shape index (κ3) is 5.04. The SMILES string of the molecule is C[C@H](CCCCNC(=O)[C@H]1N=CC[C@@H]1C)C(=O)I. The zero-order valence-corrected chi connectivity index (χ0v) is 13.1. The minimum Gasteiger partial charge on any atom is -0.354 e. The number of carbonyl (C=O) groups excluding carboxylic acids is 2. The number of carbonyl (C=O) groups is 2. The summed E-state index contributed by atoms with van der Waals surface area (Å²) in [5.74, 6) is 0.483. The van der Waals surface area contributed by atoms with E-state index in [1.165, 1.54) is 0 Å². The fraction of sp³-hybridized carbons (Fsp3) is 0.769. The Labute approximate surface area is 122 Å². The van der Waals surface area contributed by atoms with Gasteiger partial charge in [0.05, 0.1) is 0 Å². The molecule has 0 fully saturated rings. The van der Waals surface area contributed by atoms with E-state index in [-0.39, 0.29) is 21.7 Å². The lowest BCUT2D eigenvalue weighted by Crippen LogP contribution is -2.36. The van der Waals surface area contributed by atoms with Gasteiger partial charge in [-0.3, -0.25) is 14.6 Å². The maximum Gasteiger partial charge on any atom is 0.245 e. The van der Waals surface area contributed by atoms with E-state index in [4.69, 9.17) is 0 Å². The number of unbranched alkanes of at least 4 members (excludes halogenated alkanes) is 1. The van der Waals surface area contributed by atoms with Gasteiger partial charge in [-0.05, 0) is 47.8 Å². The molecule has 18 heavy (non-hydrogen) atoms. The van der Waals surface area contributed by atoms with Crippen LogP contribution in [0.1, 0.15) is 39.5 Å². The van der Waals surface area contributed by atoms with Crippen molar-refractivity contribution in [3.63, 3.8) is 0 Å². The minimum atomic E-state index is -0.195. The first-order valence-corrected chi connectivity index (χ1v) is 7.59. The van der Waals surface area contributed by atoms with Crippen LogP contribution in [0.3, 0.4) is 0 Å². The molecule has 1 amide bonds. The summed E-state index contributed by atoms with van der Waals surface area (Å²) in [5, 5.41) is 2.92. The van der Waals surface area contributed by atoms with E-state index >= 15 is 0 Å². The highest BCUT2D eigenvalue weighted by molar-refractivity contribution is 14.1. The van der Waals surface area contributed by atoms with E-state index in [0.29, 0.717) is 12.5 Å². The number of hydrogen-bond donors (Lipinski definition) is 1. The molecule has 1 rings (SSSR count). The molecular weight excluding hydrogens is 343 g/mol. The molecule has 0 saturated carbocycles. The maximum atomic E-state index is 11.8. The molecule has 1 aliphatic heterocycles. The van der Waals surface area contributed by atoms with Crippen LogP contribution in [0.25, 0.3) is 0 Å². The van der Waals surface area contributed by atoms with Crippen molar-refractivity contribution in [1.29, 1.82) is 0 Å². The number of amides is 1. The second kappa shape index (κ2) is 7.86. The van der Waals surface area contributed by atoms with E-state index < -0.39 is 0 Å². The highest BCUT2D eigenvalue weighted by atomic mass is 127. The number of nitrogens with one attached hydrogen (secondary N) is 1. The van der Waals surface area contributed by atoms with Gasteiger partial charge in [-0.25, -0.2) is 0 Å². The first-order chi connectivity index (χ1) is 8.52. The molecule has 0 saturated heterocycles. The predicted octanol–water partition coefficient (Wildman–Crippen LogP) is 2.35. The van der Waals surface area contributed by atoms with Gasteiger partial charge in [0.25, 0.3) is 0 Å². The summed E-state index contributed by atoms with van der Waals surface area (Å²) in [7, 11) is 0. The van der Waals surface area contributed by atoms with Crippen LogP contribution in [0.2, 0.25) is 0 Å². The summed E-state index contributed by atoms with van der Waals surface area (Å²) in [6, 6.07) is -0.195. The highest BCUT2D eigenvalue weighted by Gasteiger charge is 2.26. The van der Waals surface area contributed by atoms with Crippen LogP contribution in [0.5, 0.6) is 0 Å². The molecule has 0 aromatic carbocycles. The third-order valence-corrected chi connectivity index (χ3v) is 4.36. The molecule has 0 aromatic heterocycles. The lowest BCUT2D eigenvalue weighted by Gasteiger charge is -2.13. The van der Waals surface area contributed by atoms with Gasteiger partial charge in [0.2, 0.25) is 5.91 Å². The van der Waals surface area contributed by atoms with Crippen LogP contribution in [-0.4, -0.2) is 28.5 Å². The van der Waals surface area contributed by atoms with Crippen molar-refractivity contribution in [2.24, 2.45) is 16.8 Å². The van der Waals surface area contributed by atoms with Crippen molar-refractivity contribution in [3.8, 4) is 0 Å². The van der Waals surface area contributed by atoms with Gasteiger partial charge in [-0.1, -0.05) is 20.3 Å². The van der Waals surface area contributed by atoms with Gasteiger partial charge in [0.15, 0.2) is 3.79 Å². The maximum absolute atomic E-state index is 11.8. The Morgan fingerprint density at radius 2 is 2.22 bits per heavy atom. The Hall–Kier alpha value is -0.460. The van der Waals surface area contributed by atoms with Crippen LogP contribution >= 0.6 is 22.6 Å². The van der Waals surface area contributed by atoms with Crippen LogP contribution in [0, 0.1) is 11.8 Å². The van der Waals surface area contributed by atoms with Crippen molar-refractivity contribution in [3.05, 3.63) is 0 Å². The molecular formula is C13H21IN2O2. The van der Waals surface area contributed by atoms with Crippen LogP contribution < -0.4 is 5.32 Å². The van der Waals surface area contributed by atoms with Gasteiger partial charge in [-0.15, -0.1) is 0 Å².